The zero-order valence-electron chi connectivity index (χ0n) is 12.2. The van der Waals surface area contributed by atoms with E-state index in [2.05, 4.69) is 31.2 Å². The van der Waals surface area contributed by atoms with Crippen LogP contribution in [0.15, 0.2) is 46.2 Å². The number of carbonyl (C=O) groups excluding carboxylic acids is 1. The van der Waals surface area contributed by atoms with E-state index in [0.717, 1.165) is 5.56 Å². The summed E-state index contributed by atoms with van der Waals surface area (Å²) in [6.07, 6.45) is 3.46. The molecule has 1 atom stereocenters. The highest BCUT2D eigenvalue weighted by Crippen LogP contribution is 2.17. The summed E-state index contributed by atoms with van der Waals surface area (Å²) in [4.78, 5) is 31.9. The number of hydrogen-bond acceptors (Lipinski definition) is 5. The van der Waals surface area contributed by atoms with Crippen molar-refractivity contribution in [1.82, 2.24) is 15.3 Å². The van der Waals surface area contributed by atoms with Gasteiger partial charge in [0, 0.05) is 12.6 Å². The van der Waals surface area contributed by atoms with Gasteiger partial charge in [0.15, 0.2) is 5.16 Å². The van der Waals surface area contributed by atoms with Crippen molar-refractivity contribution in [2.45, 2.75) is 17.6 Å². The van der Waals surface area contributed by atoms with Gasteiger partial charge in [-0.05, 0) is 27.7 Å². The Bertz CT molecular complexity index is 712. The number of rotatable bonds is 6. The lowest BCUT2D eigenvalue weighted by atomic mass is 10.1. The van der Waals surface area contributed by atoms with E-state index in [4.69, 9.17) is 0 Å². The number of carboxylic acids is 1. The minimum absolute atomic E-state index is 0.115. The molecule has 1 unspecified atom stereocenters. The second kappa shape index (κ2) is 8.07. The lowest BCUT2D eigenvalue weighted by Crippen LogP contribution is -2.42. The standard InChI is InChI=1S/C15H14BrN3O3S/c1-23-15-17-8-10(16)12(19-15)13(20)18-11(14(21)22)7-9-5-3-2-4-6-9/h2-6,8,11H,7H2,1H3,(H,18,20)(H,21,22). The first-order valence-electron chi connectivity index (χ1n) is 6.65. The number of carboxylic acid groups (broad SMARTS) is 1. The predicted octanol–water partition coefficient (Wildman–Crippen LogP) is 2.39. The average molecular weight is 396 g/mol. The number of thioether (sulfide) groups is 1. The molecule has 1 heterocycles. The Morgan fingerprint density at radius 1 is 1.35 bits per heavy atom. The zero-order valence-corrected chi connectivity index (χ0v) is 14.6. The Morgan fingerprint density at radius 2 is 2.04 bits per heavy atom. The minimum atomic E-state index is -1.10. The molecule has 1 amide bonds. The molecule has 0 aliphatic heterocycles. The maximum absolute atomic E-state index is 12.3. The van der Waals surface area contributed by atoms with Crippen molar-refractivity contribution in [2.75, 3.05) is 6.26 Å². The van der Waals surface area contributed by atoms with Crippen molar-refractivity contribution in [3.63, 3.8) is 0 Å². The fourth-order valence-corrected chi connectivity index (χ4v) is 2.60. The summed E-state index contributed by atoms with van der Waals surface area (Å²) in [5.41, 5.74) is 0.940. The highest BCUT2D eigenvalue weighted by Gasteiger charge is 2.23. The van der Waals surface area contributed by atoms with Gasteiger partial charge in [0.2, 0.25) is 0 Å². The van der Waals surface area contributed by atoms with Crippen LogP contribution in [0.1, 0.15) is 16.1 Å². The van der Waals surface area contributed by atoms with E-state index in [1.54, 1.807) is 6.26 Å². The SMILES string of the molecule is CSc1ncc(Br)c(C(=O)NC(Cc2ccccc2)C(=O)O)n1. The van der Waals surface area contributed by atoms with E-state index in [1.165, 1.54) is 18.0 Å². The molecular formula is C15H14BrN3O3S. The van der Waals surface area contributed by atoms with Crippen LogP contribution in [0.5, 0.6) is 0 Å². The van der Waals surface area contributed by atoms with Gasteiger partial charge in [-0.25, -0.2) is 14.8 Å². The number of nitrogens with one attached hydrogen (secondary N) is 1. The Kier molecular flexibility index (Phi) is 6.12. The van der Waals surface area contributed by atoms with Crippen LogP contribution in [-0.2, 0) is 11.2 Å². The van der Waals surface area contributed by atoms with Gasteiger partial charge >= 0.3 is 5.97 Å². The smallest absolute Gasteiger partial charge is 0.326 e. The van der Waals surface area contributed by atoms with Crippen LogP contribution in [0.4, 0.5) is 0 Å². The summed E-state index contributed by atoms with van der Waals surface area (Å²) < 4.78 is 0.414. The predicted molar refractivity (Wildman–Crippen MR) is 90.5 cm³/mol. The molecule has 2 N–H and O–H groups in total. The third-order valence-corrected chi connectivity index (χ3v) is 4.15. The lowest BCUT2D eigenvalue weighted by Gasteiger charge is -2.15. The summed E-state index contributed by atoms with van der Waals surface area (Å²) >= 11 is 4.51. The number of aromatic nitrogens is 2. The van der Waals surface area contributed by atoms with E-state index < -0.39 is 17.9 Å². The van der Waals surface area contributed by atoms with Crippen molar-refractivity contribution in [3.8, 4) is 0 Å². The molecule has 0 aliphatic rings. The molecule has 6 nitrogen and oxygen atoms in total. The van der Waals surface area contributed by atoms with Crippen LogP contribution in [0.3, 0.4) is 0 Å². The zero-order chi connectivity index (χ0) is 16.8. The third kappa shape index (κ3) is 4.77. The molecule has 0 saturated heterocycles. The van der Waals surface area contributed by atoms with E-state index in [1.807, 2.05) is 30.3 Å². The Labute approximate surface area is 145 Å². The van der Waals surface area contributed by atoms with Crippen LogP contribution in [-0.4, -0.2) is 39.2 Å². The number of aliphatic carboxylic acids is 1. The normalized spacial score (nSPS) is 11.7. The van der Waals surface area contributed by atoms with Crippen molar-refractivity contribution >= 4 is 39.6 Å². The summed E-state index contributed by atoms with van der Waals surface area (Å²) in [7, 11) is 0. The monoisotopic (exact) mass is 395 g/mol. The molecular weight excluding hydrogens is 382 g/mol. The molecule has 0 spiro atoms. The van der Waals surface area contributed by atoms with E-state index >= 15 is 0 Å². The van der Waals surface area contributed by atoms with Crippen LogP contribution in [0.25, 0.3) is 0 Å². The van der Waals surface area contributed by atoms with Crippen molar-refractivity contribution < 1.29 is 14.7 Å². The fourth-order valence-electron chi connectivity index (χ4n) is 1.89. The molecule has 8 heteroatoms. The van der Waals surface area contributed by atoms with E-state index in [-0.39, 0.29) is 12.1 Å². The molecule has 23 heavy (non-hydrogen) atoms. The summed E-state index contributed by atoms with van der Waals surface area (Å²) in [6.45, 7) is 0. The number of carbonyl (C=O) groups is 2. The number of nitrogens with zero attached hydrogens (tertiary/aromatic N) is 2. The Balaban J connectivity index is 2.17. The molecule has 0 radical (unpaired) electrons. The number of halogens is 1. The van der Waals surface area contributed by atoms with Gasteiger partial charge in [0.1, 0.15) is 11.7 Å². The summed E-state index contributed by atoms with van der Waals surface area (Å²) in [5, 5.41) is 12.3. The van der Waals surface area contributed by atoms with Crippen molar-refractivity contribution in [2.24, 2.45) is 0 Å². The van der Waals surface area contributed by atoms with Crippen LogP contribution in [0, 0.1) is 0 Å². The van der Waals surface area contributed by atoms with Crippen LogP contribution in [0.2, 0.25) is 0 Å². The maximum atomic E-state index is 12.3. The maximum Gasteiger partial charge on any atom is 0.326 e. The summed E-state index contributed by atoms with van der Waals surface area (Å²) in [6, 6.07) is 8.08. The first-order valence-corrected chi connectivity index (χ1v) is 8.67. The fraction of sp³-hybridized carbons (Fsp3) is 0.200. The Morgan fingerprint density at radius 3 is 2.65 bits per heavy atom. The molecule has 0 saturated carbocycles. The highest BCUT2D eigenvalue weighted by atomic mass is 79.9. The lowest BCUT2D eigenvalue weighted by molar-refractivity contribution is -0.139. The number of benzene rings is 1. The minimum Gasteiger partial charge on any atom is -0.480 e. The Hall–Kier alpha value is -1.93. The van der Waals surface area contributed by atoms with Crippen LogP contribution < -0.4 is 5.32 Å². The van der Waals surface area contributed by atoms with E-state index in [0.29, 0.717) is 9.63 Å². The van der Waals surface area contributed by atoms with E-state index in [9.17, 15) is 14.7 Å². The second-order valence-electron chi connectivity index (χ2n) is 4.61. The van der Waals surface area contributed by atoms with Gasteiger partial charge in [0.05, 0.1) is 4.47 Å². The van der Waals surface area contributed by atoms with Gasteiger partial charge < -0.3 is 10.4 Å². The van der Waals surface area contributed by atoms with Crippen molar-refractivity contribution in [1.29, 1.82) is 0 Å². The second-order valence-corrected chi connectivity index (χ2v) is 6.23. The average Bonchev–Trinajstić information content (AvgIpc) is 2.55. The largest absolute Gasteiger partial charge is 0.480 e. The summed E-state index contributed by atoms with van der Waals surface area (Å²) in [5.74, 6) is -1.66. The first-order chi connectivity index (χ1) is 11.0. The molecule has 2 rings (SSSR count). The molecule has 0 bridgehead atoms. The van der Waals surface area contributed by atoms with Crippen molar-refractivity contribution in [3.05, 3.63) is 52.3 Å². The van der Waals surface area contributed by atoms with Gasteiger partial charge in [0.25, 0.3) is 5.91 Å². The molecule has 2 aromatic rings. The van der Waals surface area contributed by atoms with Crippen LogP contribution >= 0.6 is 27.7 Å². The van der Waals surface area contributed by atoms with Gasteiger partial charge in [-0.3, -0.25) is 4.79 Å². The topological polar surface area (TPSA) is 92.2 Å². The molecule has 1 aromatic heterocycles. The molecule has 120 valence electrons. The molecule has 0 fully saturated rings. The number of amides is 1. The van der Waals surface area contributed by atoms with Gasteiger partial charge in [-0.15, -0.1) is 0 Å². The quantitative estimate of drug-likeness (QED) is 0.576. The third-order valence-electron chi connectivity index (χ3n) is 3.01. The van der Waals surface area contributed by atoms with Gasteiger partial charge in [-0.2, -0.15) is 0 Å². The first kappa shape index (κ1) is 17.4. The highest BCUT2D eigenvalue weighted by molar-refractivity contribution is 9.10. The molecule has 1 aromatic carbocycles. The molecule has 0 aliphatic carbocycles. The number of hydrogen-bond donors (Lipinski definition) is 2. The van der Waals surface area contributed by atoms with Gasteiger partial charge in [-0.1, -0.05) is 42.1 Å².